The molecule has 9 nitrogen and oxygen atoms in total. The van der Waals surface area contributed by atoms with E-state index in [4.69, 9.17) is 21.3 Å². The van der Waals surface area contributed by atoms with E-state index in [1.165, 1.54) is 0 Å². The van der Waals surface area contributed by atoms with Gasteiger partial charge in [0.1, 0.15) is 6.10 Å². The first-order chi connectivity index (χ1) is 16.9. The minimum absolute atomic E-state index is 0.0844. The summed E-state index contributed by atoms with van der Waals surface area (Å²) in [7, 11) is 0. The standard InChI is InChI=1S/C26H29N7O2/c1-3-29-25(34)32-11-4-9-26(16-32)10-12-33-23(26)14-21(31-33)19-13-22(24(28)30-15-19)35-17(2)18-5-7-20(27)8-6-18/h5-8,13-15,17H,3,10-12,16,27H2,1-2H3,(H2,28,30)(H,29,34)/t17-,26-/m1/s1. The van der Waals surface area contributed by atoms with E-state index in [2.05, 4.69) is 22.1 Å². The van der Waals surface area contributed by atoms with Crippen LogP contribution in [0.25, 0.3) is 11.3 Å². The number of nitrogens with two attached hydrogens (primary N) is 2. The van der Waals surface area contributed by atoms with Crippen LogP contribution in [0.4, 0.5) is 16.3 Å². The van der Waals surface area contributed by atoms with Crippen LogP contribution in [0, 0.1) is 11.8 Å². The fourth-order valence-corrected chi connectivity index (χ4v) is 4.67. The van der Waals surface area contributed by atoms with E-state index in [0.29, 0.717) is 36.9 Å². The van der Waals surface area contributed by atoms with Crippen LogP contribution in [0.2, 0.25) is 0 Å². The Morgan fingerprint density at radius 2 is 2.09 bits per heavy atom. The van der Waals surface area contributed by atoms with Crippen LogP contribution in [0.5, 0.6) is 5.75 Å². The second-order valence-electron chi connectivity index (χ2n) is 9.00. The molecule has 1 aromatic carbocycles. The van der Waals surface area contributed by atoms with Crippen LogP contribution >= 0.6 is 0 Å². The Hall–Kier alpha value is -4.19. The second-order valence-corrected chi connectivity index (χ2v) is 9.00. The molecule has 0 bridgehead atoms. The average molecular weight is 472 g/mol. The van der Waals surface area contributed by atoms with E-state index in [-0.39, 0.29) is 12.1 Å². The number of amides is 2. The molecule has 1 spiro atoms. The SMILES string of the molecule is CCNC(=O)N1CC#C[C@@]2(CCn3nc(-c4cnc(N)c(O[C@H](C)c5ccc(N)cc5)c4)cc32)C1. The lowest BCUT2D eigenvalue weighted by Crippen LogP contribution is -2.49. The van der Waals surface area contributed by atoms with Crippen molar-refractivity contribution in [2.24, 2.45) is 0 Å². The molecule has 0 saturated carbocycles. The quantitative estimate of drug-likeness (QED) is 0.388. The Morgan fingerprint density at radius 1 is 1.29 bits per heavy atom. The number of ether oxygens (including phenoxy) is 1. The van der Waals surface area contributed by atoms with Crippen LogP contribution in [-0.2, 0) is 12.0 Å². The van der Waals surface area contributed by atoms with E-state index in [1.54, 1.807) is 11.1 Å². The number of benzene rings is 1. The summed E-state index contributed by atoms with van der Waals surface area (Å²) in [6, 6.07) is 11.4. The maximum atomic E-state index is 12.4. The van der Waals surface area contributed by atoms with Crippen molar-refractivity contribution >= 4 is 17.5 Å². The molecule has 0 radical (unpaired) electrons. The maximum Gasteiger partial charge on any atom is 0.318 e. The Kier molecular flexibility index (Phi) is 5.73. The molecule has 9 heteroatoms. The van der Waals surface area contributed by atoms with Gasteiger partial charge >= 0.3 is 6.03 Å². The molecule has 2 aliphatic heterocycles. The highest BCUT2D eigenvalue weighted by molar-refractivity contribution is 5.75. The van der Waals surface area contributed by atoms with E-state index in [9.17, 15) is 4.79 Å². The fraction of sp³-hybridized carbons (Fsp3) is 0.346. The number of nitrogen functional groups attached to an aromatic ring is 2. The lowest BCUT2D eigenvalue weighted by Gasteiger charge is -2.33. The van der Waals surface area contributed by atoms with Crippen LogP contribution in [-0.4, -0.2) is 45.3 Å². The molecule has 2 atom stereocenters. The molecule has 3 aromatic rings. The summed E-state index contributed by atoms with van der Waals surface area (Å²) in [6.45, 7) is 6.17. The van der Waals surface area contributed by atoms with Crippen molar-refractivity contribution in [2.75, 3.05) is 31.1 Å². The van der Waals surface area contributed by atoms with Crippen LogP contribution in [0.15, 0.2) is 42.6 Å². The smallest absolute Gasteiger partial charge is 0.318 e. The number of urea groups is 1. The van der Waals surface area contributed by atoms with E-state index in [1.807, 2.05) is 54.9 Å². The largest absolute Gasteiger partial charge is 0.482 e. The number of fused-ring (bicyclic) bond motifs is 2. The third-order valence-corrected chi connectivity index (χ3v) is 6.58. The molecule has 4 heterocycles. The van der Waals surface area contributed by atoms with Crippen molar-refractivity contribution in [3.8, 4) is 28.8 Å². The van der Waals surface area contributed by atoms with E-state index >= 15 is 0 Å². The van der Waals surface area contributed by atoms with Gasteiger partial charge < -0.3 is 26.4 Å². The Labute approximate surface area is 204 Å². The number of anilines is 2. The Balaban J connectivity index is 1.40. The Morgan fingerprint density at radius 3 is 2.86 bits per heavy atom. The van der Waals surface area contributed by atoms with Gasteiger partial charge in [-0.05, 0) is 50.1 Å². The van der Waals surface area contributed by atoms with Gasteiger partial charge in [0.15, 0.2) is 11.6 Å². The summed E-state index contributed by atoms with van der Waals surface area (Å²) < 4.78 is 8.13. The highest BCUT2D eigenvalue weighted by atomic mass is 16.5. The monoisotopic (exact) mass is 471 g/mol. The van der Waals surface area contributed by atoms with Crippen molar-refractivity contribution < 1.29 is 9.53 Å². The number of nitrogens with zero attached hydrogens (tertiary/aromatic N) is 4. The molecule has 2 aromatic heterocycles. The topological polar surface area (TPSA) is 124 Å². The minimum Gasteiger partial charge on any atom is -0.482 e. The molecule has 35 heavy (non-hydrogen) atoms. The third kappa shape index (κ3) is 4.23. The van der Waals surface area contributed by atoms with Gasteiger partial charge in [0, 0.05) is 37.1 Å². The molecular formula is C26H29N7O2. The van der Waals surface area contributed by atoms with Gasteiger partial charge in [0.25, 0.3) is 0 Å². The first-order valence-corrected chi connectivity index (χ1v) is 11.8. The summed E-state index contributed by atoms with van der Waals surface area (Å²) in [6.07, 6.45) is 2.29. The van der Waals surface area contributed by atoms with Crippen molar-refractivity contribution in [3.05, 3.63) is 53.9 Å². The van der Waals surface area contributed by atoms with Gasteiger partial charge in [-0.1, -0.05) is 24.0 Å². The van der Waals surface area contributed by atoms with Crippen molar-refractivity contribution in [3.63, 3.8) is 0 Å². The summed E-state index contributed by atoms with van der Waals surface area (Å²) in [4.78, 5) is 18.6. The van der Waals surface area contributed by atoms with Crippen LogP contribution < -0.4 is 21.5 Å². The molecular weight excluding hydrogens is 442 g/mol. The first-order valence-electron chi connectivity index (χ1n) is 11.8. The number of hydrogen-bond donors (Lipinski definition) is 3. The summed E-state index contributed by atoms with van der Waals surface area (Å²) in [5.41, 5.74) is 15.8. The highest BCUT2D eigenvalue weighted by Gasteiger charge is 2.43. The van der Waals surface area contributed by atoms with Crippen molar-refractivity contribution in [1.82, 2.24) is 25.0 Å². The number of pyridine rings is 1. The van der Waals surface area contributed by atoms with Gasteiger partial charge in [-0.25, -0.2) is 9.78 Å². The molecule has 5 N–H and O–H groups in total. The number of nitrogens with one attached hydrogen (secondary N) is 1. The molecule has 0 fully saturated rings. The van der Waals surface area contributed by atoms with E-state index in [0.717, 1.165) is 35.5 Å². The van der Waals surface area contributed by atoms with Gasteiger partial charge in [-0.2, -0.15) is 5.10 Å². The van der Waals surface area contributed by atoms with Crippen LogP contribution in [0.1, 0.15) is 37.6 Å². The number of carbonyl (C=O) groups is 1. The average Bonchev–Trinajstić information content (AvgIpc) is 3.42. The molecule has 5 rings (SSSR count). The predicted molar refractivity (Wildman–Crippen MR) is 134 cm³/mol. The zero-order valence-corrected chi connectivity index (χ0v) is 19.9. The Bertz CT molecular complexity index is 1320. The minimum atomic E-state index is -0.418. The molecule has 0 saturated heterocycles. The second kappa shape index (κ2) is 8.87. The lowest BCUT2D eigenvalue weighted by atomic mass is 9.82. The lowest BCUT2D eigenvalue weighted by molar-refractivity contribution is 0.193. The number of aromatic nitrogens is 3. The number of rotatable bonds is 5. The van der Waals surface area contributed by atoms with E-state index < -0.39 is 5.41 Å². The fourth-order valence-electron chi connectivity index (χ4n) is 4.67. The summed E-state index contributed by atoms with van der Waals surface area (Å²) in [5, 5.41) is 7.69. The van der Waals surface area contributed by atoms with Gasteiger partial charge in [0.2, 0.25) is 0 Å². The van der Waals surface area contributed by atoms with Crippen molar-refractivity contribution in [1.29, 1.82) is 0 Å². The van der Waals surface area contributed by atoms with Crippen molar-refractivity contribution in [2.45, 2.75) is 38.3 Å². The number of carbonyl (C=O) groups excluding carboxylic acids is 1. The first kappa shape index (κ1) is 22.6. The molecule has 2 amide bonds. The maximum absolute atomic E-state index is 12.4. The molecule has 0 unspecified atom stereocenters. The molecule has 0 aliphatic carbocycles. The van der Waals surface area contributed by atoms with Gasteiger partial charge in [-0.15, -0.1) is 0 Å². The molecule has 2 aliphatic rings. The third-order valence-electron chi connectivity index (χ3n) is 6.58. The summed E-state index contributed by atoms with van der Waals surface area (Å²) in [5.74, 6) is 7.39. The number of aryl methyl sites for hydroxylation is 1. The zero-order chi connectivity index (χ0) is 24.6. The highest BCUT2D eigenvalue weighted by Crippen LogP contribution is 2.39. The molecule has 180 valence electrons. The summed E-state index contributed by atoms with van der Waals surface area (Å²) >= 11 is 0. The van der Waals surface area contributed by atoms with Gasteiger partial charge in [-0.3, -0.25) is 4.68 Å². The predicted octanol–water partition coefficient (Wildman–Crippen LogP) is 2.94. The van der Waals surface area contributed by atoms with Crippen LogP contribution in [0.3, 0.4) is 0 Å². The zero-order valence-electron chi connectivity index (χ0n) is 19.9. The normalized spacial score (nSPS) is 19.1. The number of hydrogen-bond acceptors (Lipinski definition) is 6. The van der Waals surface area contributed by atoms with Gasteiger partial charge in [0.05, 0.1) is 23.3 Å².